The van der Waals surface area contributed by atoms with Gasteiger partial charge in [0.2, 0.25) is 0 Å². The van der Waals surface area contributed by atoms with E-state index in [0.717, 1.165) is 36.9 Å². The summed E-state index contributed by atoms with van der Waals surface area (Å²) in [6, 6.07) is 10.3. The van der Waals surface area contributed by atoms with E-state index in [4.69, 9.17) is 0 Å². The molecule has 0 spiro atoms. The second-order valence-electron chi connectivity index (χ2n) is 6.36. The van der Waals surface area contributed by atoms with Crippen molar-refractivity contribution in [2.45, 2.75) is 33.4 Å². The van der Waals surface area contributed by atoms with E-state index in [9.17, 15) is 0 Å². The summed E-state index contributed by atoms with van der Waals surface area (Å²) in [5, 5.41) is 15.3. The summed E-state index contributed by atoms with van der Waals surface area (Å²) < 4.78 is 3.78. The fourth-order valence-corrected chi connectivity index (χ4v) is 2.85. The molecule has 0 aliphatic rings. The number of aryl methyl sites for hydroxylation is 3. The summed E-state index contributed by atoms with van der Waals surface area (Å²) in [6.45, 7) is 6.54. The van der Waals surface area contributed by atoms with Gasteiger partial charge in [0.25, 0.3) is 0 Å². The predicted molar refractivity (Wildman–Crippen MR) is 106 cm³/mol. The first-order valence-electron chi connectivity index (χ1n) is 9.05. The number of hydrogen-bond donors (Lipinski definition) is 2. The van der Waals surface area contributed by atoms with E-state index in [1.165, 1.54) is 17.6 Å². The molecule has 27 heavy (non-hydrogen) atoms. The van der Waals surface area contributed by atoms with E-state index in [1.807, 2.05) is 23.7 Å². The van der Waals surface area contributed by atoms with Gasteiger partial charge in [0.05, 0.1) is 11.4 Å². The Morgan fingerprint density at radius 1 is 1.15 bits per heavy atom. The number of rotatable bonds is 7. The lowest BCUT2D eigenvalue weighted by atomic mass is 10.2. The maximum Gasteiger partial charge on any atom is 0.191 e. The Morgan fingerprint density at radius 2 is 1.96 bits per heavy atom. The first-order valence-corrected chi connectivity index (χ1v) is 9.05. The van der Waals surface area contributed by atoms with Crippen molar-refractivity contribution in [1.29, 1.82) is 0 Å². The van der Waals surface area contributed by atoms with E-state index in [2.05, 4.69) is 55.9 Å². The molecular weight excluding hydrogens is 340 g/mol. The van der Waals surface area contributed by atoms with Crippen LogP contribution in [-0.4, -0.2) is 44.1 Å². The summed E-state index contributed by atoms with van der Waals surface area (Å²) in [4.78, 5) is 8.24. The van der Waals surface area contributed by atoms with Gasteiger partial charge in [-0.3, -0.25) is 9.67 Å². The Labute approximate surface area is 159 Å². The van der Waals surface area contributed by atoms with Crippen molar-refractivity contribution in [1.82, 2.24) is 35.2 Å². The zero-order valence-corrected chi connectivity index (χ0v) is 16.1. The highest BCUT2D eigenvalue weighted by molar-refractivity contribution is 5.79. The number of benzene rings is 1. The highest BCUT2D eigenvalue weighted by atomic mass is 15.3. The monoisotopic (exact) mass is 366 g/mol. The first-order chi connectivity index (χ1) is 13.2. The third-order valence-electron chi connectivity index (χ3n) is 4.25. The van der Waals surface area contributed by atoms with Gasteiger partial charge in [-0.1, -0.05) is 12.1 Å². The second kappa shape index (κ2) is 8.98. The number of hydrogen-bond acceptors (Lipinski definition) is 4. The molecule has 0 radical (unpaired) electrons. The molecule has 2 heterocycles. The third kappa shape index (κ3) is 5.16. The minimum atomic E-state index is 0.703. The molecular formula is C19H26N8. The number of guanidine groups is 1. The summed E-state index contributed by atoms with van der Waals surface area (Å²) in [5.74, 6) is 0.795. The van der Waals surface area contributed by atoms with Crippen LogP contribution < -0.4 is 10.6 Å². The molecule has 142 valence electrons. The van der Waals surface area contributed by atoms with Crippen molar-refractivity contribution in [2.24, 2.45) is 4.99 Å². The van der Waals surface area contributed by atoms with Crippen LogP contribution in [0.5, 0.6) is 0 Å². The van der Waals surface area contributed by atoms with Crippen molar-refractivity contribution in [3.8, 4) is 5.69 Å². The zero-order chi connectivity index (χ0) is 19.1. The molecule has 0 saturated heterocycles. The number of nitrogens with zero attached hydrogens (tertiary/aromatic N) is 6. The van der Waals surface area contributed by atoms with E-state index < -0.39 is 0 Å². The van der Waals surface area contributed by atoms with E-state index >= 15 is 0 Å². The molecule has 0 saturated carbocycles. The summed E-state index contributed by atoms with van der Waals surface area (Å²) in [7, 11) is 1.78. The molecule has 0 amide bonds. The average molecular weight is 366 g/mol. The van der Waals surface area contributed by atoms with Gasteiger partial charge in [-0.05, 0) is 44.0 Å². The zero-order valence-electron chi connectivity index (χ0n) is 16.1. The Kier molecular flexibility index (Phi) is 6.19. The van der Waals surface area contributed by atoms with Crippen molar-refractivity contribution < 1.29 is 0 Å². The molecule has 2 N–H and O–H groups in total. The second-order valence-corrected chi connectivity index (χ2v) is 6.36. The SMILES string of the molecule is CN=C(NCCCn1nc(C)cc1C)NCc1ccc(-n2cncn2)cc1. The summed E-state index contributed by atoms with van der Waals surface area (Å²) in [6.07, 6.45) is 4.19. The highest BCUT2D eigenvalue weighted by Gasteiger charge is 2.02. The maximum atomic E-state index is 4.48. The predicted octanol–water partition coefficient (Wildman–Crippen LogP) is 1.84. The van der Waals surface area contributed by atoms with E-state index in [0.29, 0.717) is 6.54 Å². The van der Waals surface area contributed by atoms with Gasteiger partial charge in [0.15, 0.2) is 5.96 Å². The normalized spacial score (nSPS) is 11.6. The van der Waals surface area contributed by atoms with Crippen LogP contribution in [0.2, 0.25) is 0 Å². The van der Waals surface area contributed by atoms with Crippen LogP contribution in [0.25, 0.3) is 5.69 Å². The Balaban J connectivity index is 1.42. The van der Waals surface area contributed by atoms with Gasteiger partial charge in [0, 0.05) is 32.4 Å². The Bertz CT molecular complexity index is 862. The van der Waals surface area contributed by atoms with Gasteiger partial charge in [-0.2, -0.15) is 10.2 Å². The van der Waals surface area contributed by atoms with E-state index in [1.54, 1.807) is 18.1 Å². The van der Waals surface area contributed by atoms with Crippen LogP contribution >= 0.6 is 0 Å². The average Bonchev–Trinajstić information content (AvgIpc) is 3.31. The van der Waals surface area contributed by atoms with Crippen molar-refractivity contribution in [2.75, 3.05) is 13.6 Å². The topological polar surface area (TPSA) is 85.0 Å². The smallest absolute Gasteiger partial charge is 0.191 e. The molecule has 0 atom stereocenters. The molecule has 0 unspecified atom stereocenters. The summed E-state index contributed by atoms with van der Waals surface area (Å²) in [5.41, 5.74) is 4.42. The molecule has 3 rings (SSSR count). The van der Waals surface area contributed by atoms with Crippen molar-refractivity contribution >= 4 is 5.96 Å². The van der Waals surface area contributed by atoms with Crippen LogP contribution in [-0.2, 0) is 13.1 Å². The Hall–Kier alpha value is -3.16. The lowest BCUT2D eigenvalue weighted by Crippen LogP contribution is -2.37. The van der Waals surface area contributed by atoms with Gasteiger partial charge in [0.1, 0.15) is 12.7 Å². The van der Waals surface area contributed by atoms with Crippen molar-refractivity contribution in [3.63, 3.8) is 0 Å². The summed E-state index contributed by atoms with van der Waals surface area (Å²) >= 11 is 0. The van der Waals surface area contributed by atoms with Crippen LogP contribution in [0.15, 0.2) is 48.0 Å². The molecule has 0 aliphatic carbocycles. The largest absolute Gasteiger partial charge is 0.356 e. The quantitative estimate of drug-likeness (QED) is 0.379. The number of aliphatic imine (C=N–C) groups is 1. The molecule has 3 aromatic rings. The molecule has 0 bridgehead atoms. The fraction of sp³-hybridized carbons (Fsp3) is 0.368. The molecule has 8 nitrogen and oxygen atoms in total. The molecule has 2 aromatic heterocycles. The van der Waals surface area contributed by atoms with Gasteiger partial charge in [-0.15, -0.1) is 0 Å². The first kappa shape index (κ1) is 18.6. The van der Waals surface area contributed by atoms with Crippen LogP contribution in [0.1, 0.15) is 23.4 Å². The van der Waals surface area contributed by atoms with Crippen LogP contribution in [0, 0.1) is 13.8 Å². The lowest BCUT2D eigenvalue weighted by molar-refractivity contribution is 0.555. The highest BCUT2D eigenvalue weighted by Crippen LogP contribution is 2.07. The number of nitrogens with one attached hydrogen (secondary N) is 2. The molecule has 8 heteroatoms. The molecule has 0 aliphatic heterocycles. The van der Waals surface area contributed by atoms with E-state index in [-0.39, 0.29) is 0 Å². The Morgan fingerprint density at radius 3 is 2.59 bits per heavy atom. The van der Waals surface area contributed by atoms with Gasteiger partial charge in [-0.25, -0.2) is 9.67 Å². The fourth-order valence-electron chi connectivity index (χ4n) is 2.85. The number of aromatic nitrogens is 5. The maximum absolute atomic E-state index is 4.48. The van der Waals surface area contributed by atoms with Gasteiger partial charge < -0.3 is 10.6 Å². The minimum Gasteiger partial charge on any atom is -0.356 e. The third-order valence-corrected chi connectivity index (χ3v) is 4.25. The van der Waals surface area contributed by atoms with Gasteiger partial charge >= 0.3 is 0 Å². The van der Waals surface area contributed by atoms with Crippen LogP contribution in [0.3, 0.4) is 0 Å². The molecule has 0 fully saturated rings. The minimum absolute atomic E-state index is 0.703. The standard InChI is InChI=1S/C19H26N8/c1-15-11-16(2)26(25-15)10-4-9-22-19(20-3)23-12-17-5-7-18(8-6-17)27-14-21-13-24-27/h5-8,11,13-14H,4,9-10,12H2,1-3H3,(H2,20,22,23). The lowest BCUT2D eigenvalue weighted by Gasteiger charge is -2.12. The molecule has 1 aromatic carbocycles. The van der Waals surface area contributed by atoms with Crippen LogP contribution in [0.4, 0.5) is 0 Å². The van der Waals surface area contributed by atoms with Crippen molar-refractivity contribution in [3.05, 3.63) is 59.9 Å².